The lowest BCUT2D eigenvalue weighted by Crippen LogP contribution is -2.48. The van der Waals surface area contributed by atoms with Gasteiger partial charge in [-0.25, -0.2) is 4.98 Å². The van der Waals surface area contributed by atoms with E-state index in [1.54, 1.807) is 0 Å². The summed E-state index contributed by atoms with van der Waals surface area (Å²) in [6.07, 6.45) is 1.97. The van der Waals surface area contributed by atoms with Crippen molar-refractivity contribution in [2.75, 3.05) is 24.6 Å². The Balaban J connectivity index is 1.97. The first-order chi connectivity index (χ1) is 9.25. The van der Waals surface area contributed by atoms with E-state index in [9.17, 15) is 0 Å². The van der Waals surface area contributed by atoms with E-state index >= 15 is 0 Å². The lowest BCUT2D eigenvalue weighted by atomic mass is 10.1. The van der Waals surface area contributed by atoms with E-state index in [4.69, 9.17) is 4.74 Å². The van der Waals surface area contributed by atoms with E-state index in [0.717, 1.165) is 32.1 Å². The highest BCUT2D eigenvalue weighted by Crippen LogP contribution is 2.21. The molecule has 0 atom stereocenters. The average molecular weight is 277 g/mol. The van der Waals surface area contributed by atoms with Crippen molar-refractivity contribution in [1.29, 1.82) is 0 Å². The molecule has 0 saturated carbocycles. The second kappa shape index (κ2) is 5.70. The second-order valence-corrected chi connectivity index (χ2v) is 7.16. The number of pyridine rings is 1. The number of aromatic nitrogens is 1. The van der Waals surface area contributed by atoms with Crippen LogP contribution >= 0.6 is 0 Å². The summed E-state index contributed by atoms with van der Waals surface area (Å²) in [6, 6.07) is 4.27. The van der Waals surface area contributed by atoms with Crippen LogP contribution in [0, 0.1) is 0 Å². The van der Waals surface area contributed by atoms with Gasteiger partial charge in [-0.3, -0.25) is 0 Å². The Morgan fingerprint density at radius 3 is 2.65 bits per heavy atom. The van der Waals surface area contributed by atoms with E-state index in [1.807, 2.05) is 6.20 Å². The number of hydrogen-bond acceptors (Lipinski definition) is 4. The fraction of sp³-hybridized carbons (Fsp3) is 0.688. The molecule has 0 amide bonds. The molecule has 1 aliphatic heterocycles. The second-order valence-electron chi connectivity index (χ2n) is 7.16. The van der Waals surface area contributed by atoms with Crippen LogP contribution in [0.15, 0.2) is 18.3 Å². The van der Waals surface area contributed by atoms with E-state index in [2.05, 4.69) is 62.0 Å². The van der Waals surface area contributed by atoms with Gasteiger partial charge in [0.25, 0.3) is 0 Å². The number of nitrogens with zero attached hydrogens (tertiary/aromatic N) is 2. The van der Waals surface area contributed by atoms with Crippen LogP contribution in [0.3, 0.4) is 0 Å². The Morgan fingerprint density at radius 2 is 2.10 bits per heavy atom. The third-order valence-electron chi connectivity index (χ3n) is 3.38. The molecule has 0 bridgehead atoms. The fourth-order valence-electron chi connectivity index (χ4n) is 2.29. The quantitative estimate of drug-likeness (QED) is 0.921. The highest BCUT2D eigenvalue weighted by molar-refractivity contribution is 5.40. The van der Waals surface area contributed by atoms with E-state index < -0.39 is 0 Å². The van der Waals surface area contributed by atoms with Gasteiger partial charge in [-0.1, -0.05) is 6.07 Å². The normalized spacial score (nSPS) is 19.1. The van der Waals surface area contributed by atoms with Crippen molar-refractivity contribution < 1.29 is 4.74 Å². The molecule has 0 radical (unpaired) electrons. The summed E-state index contributed by atoms with van der Waals surface area (Å²) < 4.78 is 5.74. The van der Waals surface area contributed by atoms with Crippen LogP contribution in [-0.4, -0.2) is 35.8 Å². The van der Waals surface area contributed by atoms with E-state index in [0.29, 0.717) is 0 Å². The highest BCUT2D eigenvalue weighted by atomic mass is 16.5. The molecule has 4 heteroatoms. The smallest absolute Gasteiger partial charge is 0.128 e. The Bertz CT molecular complexity index is 434. The number of nitrogens with one attached hydrogen (secondary N) is 1. The first-order valence-corrected chi connectivity index (χ1v) is 7.34. The first-order valence-electron chi connectivity index (χ1n) is 7.34. The molecule has 1 N–H and O–H groups in total. The predicted octanol–water partition coefficient (Wildman–Crippen LogP) is 2.58. The van der Waals surface area contributed by atoms with Gasteiger partial charge in [0.1, 0.15) is 5.82 Å². The monoisotopic (exact) mass is 277 g/mol. The van der Waals surface area contributed by atoms with Gasteiger partial charge in [-0.05, 0) is 46.2 Å². The van der Waals surface area contributed by atoms with E-state index in [-0.39, 0.29) is 11.1 Å². The summed E-state index contributed by atoms with van der Waals surface area (Å²) in [4.78, 5) is 6.90. The van der Waals surface area contributed by atoms with Gasteiger partial charge < -0.3 is 15.0 Å². The zero-order chi connectivity index (χ0) is 14.8. The summed E-state index contributed by atoms with van der Waals surface area (Å²) in [5.41, 5.74) is 1.26. The largest absolute Gasteiger partial charge is 0.372 e. The summed E-state index contributed by atoms with van der Waals surface area (Å²) in [6.45, 7) is 14.2. The standard InChI is InChI=1S/C16H27N3O/c1-15(2,3)18-11-13-6-7-14(17-10-13)19-8-9-20-16(4,5)12-19/h6-7,10,18H,8-9,11-12H2,1-5H3. The zero-order valence-electron chi connectivity index (χ0n) is 13.4. The minimum Gasteiger partial charge on any atom is -0.372 e. The van der Waals surface area contributed by atoms with Crippen LogP contribution < -0.4 is 10.2 Å². The van der Waals surface area contributed by atoms with Gasteiger partial charge in [0, 0.05) is 31.4 Å². The number of hydrogen-bond donors (Lipinski definition) is 1. The molecule has 1 aromatic rings. The summed E-state index contributed by atoms with van der Waals surface area (Å²) in [5.74, 6) is 1.04. The molecule has 20 heavy (non-hydrogen) atoms. The maximum absolute atomic E-state index is 5.74. The van der Waals surface area contributed by atoms with Gasteiger partial charge in [-0.2, -0.15) is 0 Å². The molecule has 4 nitrogen and oxygen atoms in total. The molecule has 0 unspecified atom stereocenters. The molecule has 0 aromatic carbocycles. The Morgan fingerprint density at radius 1 is 1.35 bits per heavy atom. The van der Waals surface area contributed by atoms with Crippen LogP contribution in [0.2, 0.25) is 0 Å². The van der Waals surface area contributed by atoms with Crippen molar-refractivity contribution in [3.63, 3.8) is 0 Å². The Hall–Kier alpha value is -1.13. The third kappa shape index (κ3) is 4.46. The van der Waals surface area contributed by atoms with Gasteiger partial charge in [-0.15, -0.1) is 0 Å². The van der Waals surface area contributed by atoms with Gasteiger partial charge in [0.2, 0.25) is 0 Å². The number of ether oxygens (including phenoxy) is 1. The molecular formula is C16H27N3O. The Labute approximate surface area is 122 Å². The van der Waals surface area contributed by atoms with Crippen LogP contribution in [0.5, 0.6) is 0 Å². The topological polar surface area (TPSA) is 37.4 Å². The fourth-order valence-corrected chi connectivity index (χ4v) is 2.29. The summed E-state index contributed by atoms with van der Waals surface area (Å²) in [5, 5.41) is 3.48. The lowest BCUT2D eigenvalue weighted by Gasteiger charge is -2.38. The van der Waals surface area contributed by atoms with Crippen molar-refractivity contribution in [1.82, 2.24) is 10.3 Å². The number of morpholine rings is 1. The summed E-state index contributed by atoms with van der Waals surface area (Å²) >= 11 is 0. The maximum atomic E-state index is 5.74. The van der Waals surface area contributed by atoms with Gasteiger partial charge >= 0.3 is 0 Å². The van der Waals surface area contributed by atoms with Crippen LogP contribution in [0.4, 0.5) is 5.82 Å². The SMILES string of the molecule is CC(C)(C)NCc1ccc(N2CCOC(C)(C)C2)nc1. The van der Waals surface area contributed by atoms with Crippen molar-refractivity contribution in [3.8, 4) is 0 Å². The van der Waals surface area contributed by atoms with Crippen LogP contribution in [0.25, 0.3) is 0 Å². The van der Waals surface area contributed by atoms with Gasteiger partial charge in [0.05, 0.1) is 12.2 Å². The highest BCUT2D eigenvalue weighted by Gasteiger charge is 2.27. The molecule has 0 aliphatic carbocycles. The molecule has 0 spiro atoms. The minimum atomic E-state index is -0.0909. The Kier molecular flexibility index (Phi) is 4.35. The molecule has 112 valence electrons. The zero-order valence-corrected chi connectivity index (χ0v) is 13.4. The molecule has 1 aromatic heterocycles. The molecule has 2 heterocycles. The van der Waals surface area contributed by atoms with Crippen molar-refractivity contribution >= 4 is 5.82 Å². The lowest BCUT2D eigenvalue weighted by molar-refractivity contribution is -0.0279. The predicted molar refractivity (Wildman–Crippen MR) is 83.1 cm³/mol. The van der Waals surface area contributed by atoms with Crippen molar-refractivity contribution in [2.45, 2.75) is 52.3 Å². The molecule has 1 aliphatic rings. The molecule has 1 saturated heterocycles. The van der Waals surface area contributed by atoms with Crippen LogP contribution in [0.1, 0.15) is 40.2 Å². The minimum absolute atomic E-state index is 0.0909. The van der Waals surface area contributed by atoms with Crippen molar-refractivity contribution in [2.24, 2.45) is 0 Å². The molecule has 2 rings (SSSR count). The van der Waals surface area contributed by atoms with Crippen LogP contribution in [-0.2, 0) is 11.3 Å². The average Bonchev–Trinajstić information content (AvgIpc) is 2.35. The van der Waals surface area contributed by atoms with Gasteiger partial charge in [0.15, 0.2) is 0 Å². The maximum Gasteiger partial charge on any atom is 0.128 e. The number of anilines is 1. The third-order valence-corrected chi connectivity index (χ3v) is 3.38. The number of rotatable bonds is 3. The summed E-state index contributed by atoms with van der Waals surface area (Å²) in [7, 11) is 0. The molecular weight excluding hydrogens is 250 g/mol. The van der Waals surface area contributed by atoms with Crippen molar-refractivity contribution in [3.05, 3.63) is 23.9 Å². The first kappa shape index (κ1) is 15.3. The van der Waals surface area contributed by atoms with E-state index in [1.165, 1.54) is 5.56 Å². The molecule has 1 fully saturated rings.